The Morgan fingerprint density at radius 3 is 3.00 bits per heavy atom. The number of hydrogen-bond donors (Lipinski definition) is 1. The van der Waals surface area contributed by atoms with Gasteiger partial charge in [0.15, 0.2) is 0 Å². The molecule has 1 aliphatic heterocycles. The van der Waals surface area contributed by atoms with E-state index in [1.165, 1.54) is 5.06 Å². The quantitative estimate of drug-likeness (QED) is 0.584. The third-order valence-corrected chi connectivity index (χ3v) is 1.44. The van der Waals surface area contributed by atoms with E-state index in [0.717, 1.165) is 11.4 Å². The van der Waals surface area contributed by atoms with Gasteiger partial charge >= 0.3 is 0 Å². The predicted molar refractivity (Wildman–Crippen MR) is 39.0 cm³/mol. The van der Waals surface area contributed by atoms with Crippen LogP contribution in [0, 0.1) is 7.05 Å². The third kappa shape index (κ3) is 0.642. The van der Waals surface area contributed by atoms with Gasteiger partial charge in [-0.25, -0.2) is 10.5 Å². The fourth-order valence-corrected chi connectivity index (χ4v) is 0.931. The average molecular weight is 135 g/mol. The van der Waals surface area contributed by atoms with Gasteiger partial charge in [0, 0.05) is 0 Å². The molecule has 0 aromatic heterocycles. The van der Waals surface area contributed by atoms with E-state index in [1.807, 2.05) is 24.3 Å². The third-order valence-electron chi connectivity index (χ3n) is 1.44. The van der Waals surface area contributed by atoms with Crippen LogP contribution in [0.25, 0.3) is 0 Å². The second-order valence-electron chi connectivity index (χ2n) is 2.09. The molecule has 0 aliphatic carbocycles. The van der Waals surface area contributed by atoms with E-state index in [1.54, 1.807) is 0 Å². The van der Waals surface area contributed by atoms with Crippen LogP contribution in [0.3, 0.4) is 0 Å². The van der Waals surface area contributed by atoms with Crippen molar-refractivity contribution in [2.45, 2.75) is 0 Å². The lowest BCUT2D eigenvalue weighted by Gasteiger charge is -2.04. The normalized spacial score (nSPS) is 14.7. The highest BCUT2D eigenvalue weighted by atomic mass is 16.8. The SMILES string of the molecule is [CH2]N1ONc2ccccc21. The average Bonchev–Trinajstić information content (AvgIpc) is 2.34. The zero-order valence-electron chi connectivity index (χ0n) is 5.37. The molecular weight excluding hydrogens is 128 g/mol. The first-order valence-corrected chi connectivity index (χ1v) is 3.00. The molecule has 0 atom stereocenters. The van der Waals surface area contributed by atoms with E-state index in [4.69, 9.17) is 4.94 Å². The monoisotopic (exact) mass is 135 g/mol. The van der Waals surface area contributed by atoms with Crippen molar-refractivity contribution in [1.82, 2.24) is 0 Å². The molecular formula is C7H7N2O. The Kier molecular flexibility index (Phi) is 1.05. The molecule has 3 heteroatoms. The summed E-state index contributed by atoms with van der Waals surface area (Å²) in [6.45, 7) is 0. The van der Waals surface area contributed by atoms with Crippen molar-refractivity contribution < 1.29 is 4.94 Å². The standard InChI is InChI=1S/C7H7N2O/c1-9-7-5-3-2-4-6(7)8-10-9/h2-5,8H,1H2. The minimum Gasteiger partial charge on any atom is -0.240 e. The van der Waals surface area contributed by atoms with Gasteiger partial charge in [0.1, 0.15) is 0 Å². The van der Waals surface area contributed by atoms with Crippen LogP contribution < -0.4 is 10.5 Å². The number of rotatable bonds is 0. The zero-order chi connectivity index (χ0) is 6.97. The highest BCUT2D eigenvalue weighted by Gasteiger charge is 2.14. The van der Waals surface area contributed by atoms with E-state index in [9.17, 15) is 0 Å². The smallest absolute Gasteiger partial charge is 0.0917 e. The Morgan fingerprint density at radius 1 is 1.40 bits per heavy atom. The number of nitrogens with one attached hydrogen (secondary N) is 1. The molecule has 3 nitrogen and oxygen atoms in total. The van der Waals surface area contributed by atoms with Crippen LogP contribution in [0.4, 0.5) is 11.4 Å². The maximum absolute atomic E-state index is 4.90. The van der Waals surface area contributed by atoms with Gasteiger partial charge in [-0.3, -0.25) is 0 Å². The fourth-order valence-electron chi connectivity index (χ4n) is 0.931. The van der Waals surface area contributed by atoms with Crippen LogP contribution in [0.15, 0.2) is 24.3 Å². The van der Waals surface area contributed by atoms with Crippen LogP contribution in [0.5, 0.6) is 0 Å². The highest BCUT2D eigenvalue weighted by Crippen LogP contribution is 2.29. The van der Waals surface area contributed by atoms with Crippen molar-refractivity contribution in [3.05, 3.63) is 31.3 Å². The first-order valence-electron chi connectivity index (χ1n) is 3.00. The van der Waals surface area contributed by atoms with E-state index in [2.05, 4.69) is 12.5 Å². The van der Waals surface area contributed by atoms with Gasteiger partial charge in [-0.2, -0.15) is 4.94 Å². The molecule has 2 rings (SSSR count). The Labute approximate surface area is 59.1 Å². The fraction of sp³-hybridized carbons (Fsp3) is 0. The Morgan fingerprint density at radius 2 is 2.20 bits per heavy atom. The van der Waals surface area contributed by atoms with E-state index in [-0.39, 0.29) is 0 Å². The van der Waals surface area contributed by atoms with Crippen molar-refractivity contribution >= 4 is 11.4 Å². The van der Waals surface area contributed by atoms with Crippen molar-refractivity contribution in [3.63, 3.8) is 0 Å². The summed E-state index contributed by atoms with van der Waals surface area (Å²) >= 11 is 0. The molecule has 1 aromatic rings. The summed E-state index contributed by atoms with van der Waals surface area (Å²) in [6.07, 6.45) is 0. The van der Waals surface area contributed by atoms with Crippen LogP contribution in [0.2, 0.25) is 0 Å². The molecule has 0 fully saturated rings. The number of para-hydroxylation sites is 2. The van der Waals surface area contributed by atoms with Gasteiger partial charge in [0.25, 0.3) is 0 Å². The van der Waals surface area contributed by atoms with Gasteiger partial charge in [-0.15, -0.1) is 0 Å². The molecule has 0 bridgehead atoms. The van der Waals surface area contributed by atoms with Gasteiger partial charge in [-0.05, 0) is 12.1 Å². The zero-order valence-corrected chi connectivity index (χ0v) is 5.37. The van der Waals surface area contributed by atoms with E-state index < -0.39 is 0 Å². The molecule has 0 spiro atoms. The number of hydrogen-bond acceptors (Lipinski definition) is 3. The van der Waals surface area contributed by atoms with E-state index >= 15 is 0 Å². The van der Waals surface area contributed by atoms with Crippen molar-refractivity contribution in [1.29, 1.82) is 0 Å². The summed E-state index contributed by atoms with van der Waals surface area (Å²) in [6, 6.07) is 7.74. The van der Waals surface area contributed by atoms with Gasteiger partial charge < -0.3 is 0 Å². The number of nitrogens with zero attached hydrogens (tertiary/aromatic N) is 1. The summed E-state index contributed by atoms with van der Waals surface area (Å²) in [5, 5.41) is 1.44. The van der Waals surface area contributed by atoms with Crippen molar-refractivity contribution in [3.8, 4) is 0 Å². The second kappa shape index (κ2) is 1.88. The Bertz CT molecular complexity index is 249. The Hall–Kier alpha value is -1.22. The van der Waals surface area contributed by atoms with Crippen LogP contribution >= 0.6 is 0 Å². The molecule has 1 aliphatic rings. The van der Waals surface area contributed by atoms with Crippen LogP contribution in [-0.4, -0.2) is 0 Å². The molecule has 0 unspecified atom stereocenters. The maximum atomic E-state index is 4.90. The highest BCUT2D eigenvalue weighted by molar-refractivity contribution is 5.70. The second-order valence-corrected chi connectivity index (χ2v) is 2.09. The number of fused-ring (bicyclic) bond motifs is 1. The summed E-state index contributed by atoms with van der Waals surface area (Å²) in [4.78, 5) is 4.90. The minimum atomic E-state index is 0.956. The topological polar surface area (TPSA) is 24.5 Å². The molecule has 0 saturated carbocycles. The molecule has 1 radical (unpaired) electrons. The molecule has 51 valence electrons. The largest absolute Gasteiger partial charge is 0.240 e. The summed E-state index contributed by atoms with van der Waals surface area (Å²) < 4.78 is 0. The summed E-state index contributed by atoms with van der Waals surface area (Å²) in [5.41, 5.74) is 4.63. The minimum absolute atomic E-state index is 0.956. The lowest BCUT2D eigenvalue weighted by molar-refractivity contribution is 0.209. The summed E-state index contributed by atoms with van der Waals surface area (Å²) in [7, 11) is 3.63. The van der Waals surface area contributed by atoms with E-state index in [0.29, 0.717) is 0 Å². The van der Waals surface area contributed by atoms with Crippen LogP contribution in [-0.2, 0) is 4.94 Å². The van der Waals surface area contributed by atoms with Gasteiger partial charge in [0.2, 0.25) is 0 Å². The van der Waals surface area contributed by atoms with Gasteiger partial charge in [-0.1, -0.05) is 12.1 Å². The molecule has 1 heterocycles. The number of anilines is 2. The number of benzene rings is 1. The van der Waals surface area contributed by atoms with Crippen LogP contribution in [0.1, 0.15) is 0 Å². The Balaban J connectivity index is 2.51. The molecule has 1 aromatic carbocycles. The molecule has 10 heavy (non-hydrogen) atoms. The maximum Gasteiger partial charge on any atom is 0.0917 e. The van der Waals surface area contributed by atoms with Crippen molar-refractivity contribution in [2.75, 3.05) is 10.5 Å². The number of hydroxylamine groups is 1. The van der Waals surface area contributed by atoms with Gasteiger partial charge in [0.05, 0.1) is 18.4 Å². The lowest BCUT2D eigenvalue weighted by atomic mass is 10.3. The first-order chi connectivity index (χ1) is 4.88. The first kappa shape index (κ1) is 5.56. The molecule has 0 amide bonds. The molecule has 1 N–H and O–H groups in total. The lowest BCUT2D eigenvalue weighted by Crippen LogP contribution is -2.09. The summed E-state index contributed by atoms with van der Waals surface area (Å²) in [5.74, 6) is 0. The predicted octanol–water partition coefficient (Wildman–Crippen LogP) is 1.56. The molecule has 0 saturated heterocycles. The van der Waals surface area contributed by atoms with Crippen molar-refractivity contribution in [2.24, 2.45) is 0 Å².